The van der Waals surface area contributed by atoms with Crippen LogP contribution in [0.25, 0.3) is 22.6 Å². The van der Waals surface area contributed by atoms with E-state index in [0.29, 0.717) is 17.1 Å². The SMILES string of the molecule is COC(=O)c1ccc(-c2cc(-c3ccc(O)c(C45CC6CC(CC(C6)C4)C5)c3)no2)cc1. The van der Waals surface area contributed by atoms with Gasteiger partial charge in [0, 0.05) is 22.8 Å². The molecular formula is C27H27NO4. The van der Waals surface area contributed by atoms with Crippen molar-refractivity contribution in [1.29, 1.82) is 0 Å². The summed E-state index contributed by atoms with van der Waals surface area (Å²) in [6, 6.07) is 14.9. The highest BCUT2D eigenvalue weighted by Gasteiger charge is 2.52. The largest absolute Gasteiger partial charge is 0.508 e. The molecule has 4 bridgehead atoms. The van der Waals surface area contributed by atoms with Gasteiger partial charge in [-0.3, -0.25) is 0 Å². The van der Waals surface area contributed by atoms with Gasteiger partial charge in [-0.25, -0.2) is 4.79 Å². The van der Waals surface area contributed by atoms with E-state index >= 15 is 0 Å². The Labute approximate surface area is 187 Å². The van der Waals surface area contributed by atoms with E-state index in [1.54, 1.807) is 12.1 Å². The summed E-state index contributed by atoms with van der Waals surface area (Å²) in [5, 5.41) is 15.1. The average Bonchev–Trinajstić information content (AvgIpc) is 3.28. The maximum absolute atomic E-state index is 11.7. The predicted octanol–water partition coefficient (Wildman–Crippen LogP) is 5.97. The van der Waals surface area contributed by atoms with Crippen LogP contribution >= 0.6 is 0 Å². The van der Waals surface area contributed by atoms with Gasteiger partial charge in [0.15, 0.2) is 5.76 Å². The van der Waals surface area contributed by atoms with Crippen LogP contribution in [0.2, 0.25) is 0 Å². The van der Waals surface area contributed by atoms with Gasteiger partial charge in [-0.05, 0) is 92.0 Å². The van der Waals surface area contributed by atoms with E-state index in [-0.39, 0.29) is 11.4 Å². The molecule has 0 aliphatic heterocycles. The van der Waals surface area contributed by atoms with Gasteiger partial charge < -0.3 is 14.4 Å². The normalized spacial score (nSPS) is 28.1. The molecule has 4 fully saturated rings. The summed E-state index contributed by atoms with van der Waals surface area (Å²) in [5.41, 5.74) is 4.27. The highest BCUT2D eigenvalue weighted by molar-refractivity contribution is 5.89. The second kappa shape index (κ2) is 7.22. The lowest BCUT2D eigenvalue weighted by Crippen LogP contribution is -2.48. The molecular weight excluding hydrogens is 402 g/mol. The number of carbonyl (C=O) groups is 1. The number of methoxy groups -OCH3 is 1. The Balaban J connectivity index is 1.31. The number of carbonyl (C=O) groups excluding carboxylic acids is 1. The quantitative estimate of drug-likeness (QED) is 0.518. The van der Waals surface area contributed by atoms with Crippen molar-refractivity contribution >= 4 is 5.97 Å². The van der Waals surface area contributed by atoms with Gasteiger partial charge in [-0.1, -0.05) is 17.3 Å². The summed E-state index contributed by atoms with van der Waals surface area (Å²) >= 11 is 0. The maximum Gasteiger partial charge on any atom is 0.337 e. The topological polar surface area (TPSA) is 72.6 Å². The van der Waals surface area contributed by atoms with Gasteiger partial charge in [-0.15, -0.1) is 0 Å². The minimum atomic E-state index is -0.365. The van der Waals surface area contributed by atoms with E-state index in [1.165, 1.54) is 45.6 Å². The van der Waals surface area contributed by atoms with E-state index in [0.717, 1.165) is 40.1 Å². The van der Waals surface area contributed by atoms with Crippen LogP contribution < -0.4 is 0 Å². The van der Waals surface area contributed by atoms with Gasteiger partial charge in [0.2, 0.25) is 0 Å². The second-order valence-corrected chi connectivity index (χ2v) is 10.1. The molecule has 4 aliphatic rings. The van der Waals surface area contributed by atoms with E-state index in [9.17, 15) is 9.90 Å². The predicted molar refractivity (Wildman–Crippen MR) is 120 cm³/mol. The summed E-state index contributed by atoms with van der Waals surface area (Å²) in [7, 11) is 1.37. The Kier molecular flexibility index (Phi) is 4.42. The molecule has 4 aliphatic carbocycles. The fourth-order valence-electron chi connectivity index (χ4n) is 7.00. The standard InChI is InChI=1S/C27H27NO4/c1-31-26(30)20-4-2-19(3-5-20)25-12-23(28-32-25)21-6-7-24(29)22(11-21)27-13-16-8-17(14-27)10-18(9-16)15-27/h2-7,11-12,16-18,29H,8-10,13-15H2,1H3. The summed E-state index contributed by atoms with van der Waals surface area (Å²) in [6.45, 7) is 0. The van der Waals surface area contributed by atoms with E-state index in [2.05, 4.69) is 11.2 Å². The molecule has 164 valence electrons. The zero-order valence-corrected chi connectivity index (χ0v) is 18.2. The lowest BCUT2D eigenvalue weighted by atomic mass is 9.48. The van der Waals surface area contributed by atoms with Crippen molar-refractivity contribution < 1.29 is 19.2 Å². The fourth-order valence-corrected chi connectivity index (χ4v) is 7.00. The molecule has 0 unspecified atom stereocenters. The van der Waals surface area contributed by atoms with Crippen LogP contribution in [0.1, 0.15) is 54.4 Å². The number of esters is 1. The van der Waals surface area contributed by atoms with Gasteiger partial charge in [0.05, 0.1) is 12.7 Å². The molecule has 1 aromatic heterocycles. The minimum Gasteiger partial charge on any atom is -0.508 e. The molecule has 7 rings (SSSR count). The number of phenols is 1. The average molecular weight is 430 g/mol. The van der Waals surface area contributed by atoms with Crippen LogP contribution in [0.3, 0.4) is 0 Å². The molecule has 4 saturated carbocycles. The Hall–Kier alpha value is -3.08. The number of rotatable bonds is 4. The maximum atomic E-state index is 11.7. The van der Waals surface area contributed by atoms with Crippen molar-refractivity contribution in [2.75, 3.05) is 7.11 Å². The first kappa shape index (κ1) is 19.6. The molecule has 5 nitrogen and oxygen atoms in total. The molecule has 0 atom stereocenters. The van der Waals surface area contributed by atoms with Gasteiger partial charge in [0.1, 0.15) is 11.4 Å². The van der Waals surface area contributed by atoms with E-state index < -0.39 is 0 Å². The smallest absolute Gasteiger partial charge is 0.337 e. The van der Waals surface area contributed by atoms with Gasteiger partial charge >= 0.3 is 5.97 Å². The Morgan fingerprint density at radius 3 is 2.22 bits per heavy atom. The summed E-state index contributed by atoms with van der Waals surface area (Å²) < 4.78 is 10.4. The minimum absolute atomic E-state index is 0.116. The third-order valence-corrected chi connectivity index (χ3v) is 8.00. The number of ether oxygens (including phenoxy) is 1. The Morgan fingerprint density at radius 2 is 1.59 bits per heavy atom. The first-order chi connectivity index (χ1) is 15.5. The van der Waals surface area contributed by atoms with E-state index in [1.807, 2.05) is 30.3 Å². The van der Waals surface area contributed by atoms with Crippen molar-refractivity contribution in [3.8, 4) is 28.3 Å². The third-order valence-electron chi connectivity index (χ3n) is 8.00. The van der Waals surface area contributed by atoms with Crippen molar-refractivity contribution in [1.82, 2.24) is 5.16 Å². The molecule has 1 N–H and O–H groups in total. The lowest BCUT2D eigenvalue weighted by Gasteiger charge is -2.57. The Bertz CT molecular complexity index is 1140. The number of benzene rings is 2. The summed E-state index contributed by atoms with van der Waals surface area (Å²) in [5.74, 6) is 3.14. The molecule has 5 heteroatoms. The first-order valence-corrected chi connectivity index (χ1v) is 11.5. The van der Waals surface area contributed by atoms with Crippen LogP contribution in [0.5, 0.6) is 5.75 Å². The highest BCUT2D eigenvalue weighted by Crippen LogP contribution is 2.62. The lowest BCUT2D eigenvalue weighted by molar-refractivity contribution is -0.00611. The molecule has 2 aromatic carbocycles. The number of phenolic OH excluding ortho intramolecular Hbond substituents is 1. The number of aromatic nitrogens is 1. The van der Waals surface area contributed by atoms with Crippen molar-refractivity contribution in [3.05, 3.63) is 59.7 Å². The molecule has 0 saturated heterocycles. The van der Waals surface area contributed by atoms with Crippen LogP contribution in [0, 0.1) is 17.8 Å². The van der Waals surface area contributed by atoms with Crippen LogP contribution in [-0.2, 0) is 10.2 Å². The van der Waals surface area contributed by atoms with Crippen molar-refractivity contribution in [2.24, 2.45) is 17.8 Å². The summed E-state index contributed by atoms with van der Waals surface area (Å²) in [4.78, 5) is 11.7. The van der Waals surface area contributed by atoms with Gasteiger partial charge in [-0.2, -0.15) is 0 Å². The molecule has 1 heterocycles. The molecule has 0 radical (unpaired) electrons. The zero-order chi connectivity index (χ0) is 21.9. The number of nitrogens with zero attached hydrogens (tertiary/aromatic N) is 1. The fraction of sp³-hybridized carbons (Fsp3) is 0.407. The zero-order valence-electron chi connectivity index (χ0n) is 18.2. The molecule has 0 spiro atoms. The monoisotopic (exact) mass is 429 g/mol. The number of hydrogen-bond donors (Lipinski definition) is 1. The first-order valence-electron chi connectivity index (χ1n) is 11.5. The second-order valence-electron chi connectivity index (χ2n) is 10.1. The highest BCUT2D eigenvalue weighted by atomic mass is 16.5. The number of hydrogen-bond acceptors (Lipinski definition) is 5. The van der Waals surface area contributed by atoms with Gasteiger partial charge in [0.25, 0.3) is 0 Å². The van der Waals surface area contributed by atoms with Crippen LogP contribution in [-0.4, -0.2) is 23.3 Å². The Morgan fingerprint density at radius 1 is 0.969 bits per heavy atom. The van der Waals surface area contributed by atoms with Crippen molar-refractivity contribution in [2.45, 2.75) is 43.9 Å². The third kappa shape index (κ3) is 3.14. The number of aromatic hydroxyl groups is 1. The van der Waals surface area contributed by atoms with Crippen LogP contribution in [0.4, 0.5) is 0 Å². The molecule has 32 heavy (non-hydrogen) atoms. The van der Waals surface area contributed by atoms with Crippen molar-refractivity contribution in [3.63, 3.8) is 0 Å². The molecule has 3 aromatic rings. The summed E-state index contributed by atoms with van der Waals surface area (Å²) in [6.07, 6.45) is 7.73. The van der Waals surface area contributed by atoms with Crippen LogP contribution in [0.15, 0.2) is 53.1 Å². The molecule has 0 amide bonds. The van der Waals surface area contributed by atoms with E-state index in [4.69, 9.17) is 9.26 Å².